The number of carbonyl (C=O) groups excluding carboxylic acids is 1. The van der Waals surface area contributed by atoms with E-state index in [-0.39, 0.29) is 12.5 Å². The summed E-state index contributed by atoms with van der Waals surface area (Å²) in [6, 6.07) is 7.21. The van der Waals surface area contributed by atoms with Crippen molar-refractivity contribution in [1.82, 2.24) is 0 Å². The van der Waals surface area contributed by atoms with Crippen LogP contribution in [0.5, 0.6) is 0 Å². The molecule has 0 saturated carbocycles. The van der Waals surface area contributed by atoms with Crippen LogP contribution in [0.15, 0.2) is 34.9 Å². The van der Waals surface area contributed by atoms with Crippen molar-refractivity contribution < 1.29 is 14.3 Å². The number of hydrogen-bond acceptors (Lipinski definition) is 3. The van der Waals surface area contributed by atoms with Crippen molar-refractivity contribution in [3.05, 3.63) is 53.0 Å². The highest BCUT2D eigenvalue weighted by molar-refractivity contribution is 6.05. The van der Waals surface area contributed by atoms with Crippen molar-refractivity contribution in [2.24, 2.45) is 0 Å². The van der Waals surface area contributed by atoms with Crippen LogP contribution in [-0.2, 0) is 6.42 Å². The van der Waals surface area contributed by atoms with Gasteiger partial charge in [0.05, 0.1) is 11.8 Å². The monoisotopic (exact) mass is 283 g/mol. The number of rotatable bonds is 3. The van der Waals surface area contributed by atoms with Crippen molar-refractivity contribution in [2.45, 2.75) is 20.3 Å². The fraction of sp³-hybridized carbons (Fsp3) is 0.235. The number of aliphatic hydroxyl groups excluding tert-OH is 1. The molecule has 1 heterocycles. The molecule has 0 aliphatic rings. The summed E-state index contributed by atoms with van der Waals surface area (Å²) in [5, 5.41) is 11.6. The van der Waals surface area contributed by atoms with E-state index in [4.69, 9.17) is 9.52 Å². The van der Waals surface area contributed by atoms with E-state index in [1.54, 1.807) is 12.1 Å². The number of benzene rings is 1. The van der Waals surface area contributed by atoms with Crippen LogP contribution in [0, 0.1) is 18.8 Å². The van der Waals surface area contributed by atoms with Gasteiger partial charge in [-0.1, -0.05) is 18.8 Å². The summed E-state index contributed by atoms with van der Waals surface area (Å²) in [4.78, 5) is 12.2. The molecule has 0 saturated heterocycles. The van der Waals surface area contributed by atoms with Crippen LogP contribution >= 0.6 is 0 Å². The maximum Gasteiger partial charge on any atom is 0.259 e. The van der Waals surface area contributed by atoms with E-state index >= 15 is 0 Å². The van der Waals surface area contributed by atoms with Gasteiger partial charge < -0.3 is 14.8 Å². The summed E-state index contributed by atoms with van der Waals surface area (Å²) in [6.07, 6.45) is 2.18. The first kappa shape index (κ1) is 14.9. The molecule has 0 aliphatic carbocycles. The van der Waals surface area contributed by atoms with Gasteiger partial charge in [0, 0.05) is 17.7 Å². The molecule has 4 nitrogen and oxygen atoms in total. The molecule has 108 valence electrons. The minimum Gasteiger partial charge on any atom is -0.469 e. The van der Waals surface area contributed by atoms with Crippen LogP contribution in [0.25, 0.3) is 0 Å². The quantitative estimate of drug-likeness (QED) is 0.851. The topological polar surface area (TPSA) is 62.5 Å². The molecule has 1 aromatic carbocycles. The van der Waals surface area contributed by atoms with Crippen LogP contribution in [0.2, 0.25) is 0 Å². The molecule has 0 fully saturated rings. The van der Waals surface area contributed by atoms with Crippen molar-refractivity contribution in [1.29, 1.82) is 0 Å². The highest BCUT2D eigenvalue weighted by Gasteiger charge is 2.13. The average Bonchev–Trinajstić information content (AvgIpc) is 2.93. The van der Waals surface area contributed by atoms with Gasteiger partial charge in [0.1, 0.15) is 12.4 Å². The van der Waals surface area contributed by atoms with Gasteiger partial charge in [0.15, 0.2) is 0 Å². The summed E-state index contributed by atoms with van der Waals surface area (Å²) >= 11 is 0. The Bertz CT molecular complexity index is 704. The second-order valence-electron chi connectivity index (χ2n) is 4.61. The van der Waals surface area contributed by atoms with Crippen molar-refractivity contribution in [3.63, 3.8) is 0 Å². The van der Waals surface area contributed by atoms with E-state index in [1.165, 1.54) is 6.26 Å². The summed E-state index contributed by atoms with van der Waals surface area (Å²) in [5.41, 5.74) is 2.95. The van der Waals surface area contributed by atoms with Gasteiger partial charge in [-0.3, -0.25) is 4.79 Å². The summed E-state index contributed by atoms with van der Waals surface area (Å²) in [7, 11) is 0. The Kier molecular flexibility index (Phi) is 4.81. The first-order valence-electron chi connectivity index (χ1n) is 6.73. The number of hydrogen-bond donors (Lipinski definition) is 2. The average molecular weight is 283 g/mol. The second kappa shape index (κ2) is 6.78. The smallest absolute Gasteiger partial charge is 0.259 e. The number of nitrogens with one attached hydrogen (secondary N) is 1. The molecule has 2 aromatic rings. The first-order chi connectivity index (χ1) is 10.1. The predicted octanol–water partition coefficient (Wildman–Crippen LogP) is 2.75. The maximum absolute atomic E-state index is 12.2. The number of aliphatic hydroxyl groups is 1. The third kappa shape index (κ3) is 3.74. The minimum absolute atomic E-state index is 0.190. The molecule has 1 aromatic heterocycles. The lowest BCUT2D eigenvalue weighted by Gasteiger charge is -2.07. The highest BCUT2D eigenvalue weighted by Crippen LogP contribution is 2.17. The molecule has 4 heteroatoms. The Morgan fingerprint density at radius 2 is 2.19 bits per heavy atom. The number of aryl methyl sites for hydroxylation is 2. The maximum atomic E-state index is 12.2. The van der Waals surface area contributed by atoms with Gasteiger partial charge in [-0.05, 0) is 36.8 Å². The van der Waals surface area contributed by atoms with Gasteiger partial charge in [-0.2, -0.15) is 0 Å². The normalized spacial score (nSPS) is 9.86. The van der Waals surface area contributed by atoms with Gasteiger partial charge >= 0.3 is 0 Å². The van der Waals surface area contributed by atoms with Crippen LogP contribution in [0.4, 0.5) is 5.69 Å². The van der Waals surface area contributed by atoms with E-state index < -0.39 is 0 Å². The lowest BCUT2D eigenvalue weighted by atomic mass is 10.1. The minimum atomic E-state index is -0.202. The van der Waals surface area contributed by atoms with E-state index in [0.29, 0.717) is 23.4 Å². The molecule has 21 heavy (non-hydrogen) atoms. The lowest BCUT2D eigenvalue weighted by molar-refractivity contribution is 0.102. The predicted molar refractivity (Wildman–Crippen MR) is 81.2 cm³/mol. The summed E-state index contributed by atoms with van der Waals surface area (Å²) < 4.78 is 5.26. The first-order valence-corrected chi connectivity index (χ1v) is 6.73. The van der Waals surface area contributed by atoms with E-state index in [9.17, 15) is 4.79 Å². The fourth-order valence-corrected chi connectivity index (χ4v) is 2.08. The zero-order valence-electron chi connectivity index (χ0n) is 12.1. The molecular formula is C17H17NO3. The number of anilines is 1. The molecule has 2 rings (SSSR count). The van der Waals surface area contributed by atoms with Gasteiger partial charge in [0.25, 0.3) is 5.91 Å². The molecule has 0 bridgehead atoms. The Morgan fingerprint density at radius 1 is 1.38 bits per heavy atom. The summed E-state index contributed by atoms with van der Waals surface area (Å²) in [6.45, 7) is 3.67. The Morgan fingerprint density at radius 3 is 2.90 bits per heavy atom. The van der Waals surface area contributed by atoms with Gasteiger partial charge in [-0.25, -0.2) is 0 Å². The number of carbonyl (C=O) groups is 1. The SMILES string of the molecule is CCc1occc1C(=O)Nc1cc(C)cc(C#CCO)c1. The van der Waals surface area contributed by atoms with E-state index in [0.717, 1.165) is 11.1 Å². The van der Waals surface area contributed by atoms with Gasteiger partial charge in [-0.15, -0.1) is 0 Å². The standard InChI is InChI=1S/C17H17NO3/c1-3-16-15(6-8-21-16)17(20)18-14-10-12(2)9-13(11-14)5-4-7-19/h6,8-11,19H,3,7H2,1-2H3,(H,18,20). The molecule has 0 aliphatic heterocycles. The third-order valence-electron chi connectivity index (χ3n) is 2.96. The fourth-order valence-electron chi connectivity index (χ4n) is 2.08. The van der Waals surface area contributed by atoms with Crippen molar-refractivity contribution >= 4 is 11.6 Å². The molecule has 1 amide bonds. The van der Waals surface area contributed by atoms with Crippen molar-refractivity contribution in [2.75, 3.05) is 11.9 Å². The largest absolute Gasteiger partial charge is 0.469 e. The Balaban J connectivity index is 2.23. The second-order valence-corrected chi connectivity index (χ2v) is 4.61. The number of furan rings is 1. The number of amides is 1. The highest BCUT2D eigenvalue weighted by atomic mass is 16.3. The van der Waals surface area contributed by atoms with Crippen LogP contribution in [-0.4, -0.2) is 17.6 Å². The molecule has 0 unspecified atom stereocenters. The van der Waals surface area contributed by atoms with Gasteiger partial charge in [0.2, 0.25) is 0 Å². The van der Waals surface area contributed by atoms with Crippen LogP contribution in [0.1, 0.15) is 34.2 Å². The lowest BCUT2D eigenvalue weighted by Crippen LogP contribution is -2.13. The van der Waals surface area contributed by atoms with E-state index in [1.807, 2.05) is 26.0 Å². The molecule has 0 radical (unpaired) electrons. The molecule has 0 atom stereocenters. The molecular weight excluding hydrogens is 266 g/mol. The van der Waals surface area contributed by atoms with Crippen molar-refractivity contribution in [3.8, 4) is 11.8 Å². The zero-order chi connectivity index (χ0) is 15.2. The van der Waals surface area contributed by atoms with Crippen LogP contribution in [0.3, 0.4) is 0 Å². The molecule has 0 spiro atoms. The summed E-state index contributed by atoms with van der Waals surface area (Å²) in [5.74, 6) is 5.90. The third-order valence-corrected chi connectivity index (χ3v) is 2.96. The van der Waals surface area contributed by atoms with Crippen LogP contribution < -0.4 is 5.32 Å². The van der Waals surface area contributed by atoms with E-state index in [2.05, 4.69) is 17.2 Å². The Hall–Kier alpha value is -2.51. The molecule has 2 N–H and O–H groups in total. The Labute approximate surface area is 123 Å². The zero-order valence-corrected chi connectivity index (χ0v) is 12.1.